The molecule has 1 aromatic carbocycles. The fourth-order valence-corrected chi connectivity index (χ4v) is 5.40. The van der Waals surface area contributed by atoms with E-state index in [0.29, 0.717) is 39.0 Å². The predicted molar refractivity (Wildman–Crippen MR) is 107 cm³/mol. The lowest BCUT2D eigenvalue weighted by Gasteiger charge is -2.40. The Hall–Kier alpha value is -1.48. The lowest BCUT2D eigenvalue weighted by atomic mass is 10.0. The van der Waals surface area contributed by atoms with E-state index in [1.807, 2.05) is 25.7 Å². The standard InChI is InChI=1S/C20H31N3O4S/c1-15-13-23(14-16(2)27-15)20(24)17(3)22-11-9-18(10-12-22)21-28(25,26)19-7-5-4-6-8-19/h4-8,15-18,21H,9-14H2,1-3H3. The van der Waals surface area contributed by atoms with Gasteiger partial charge in [-0.2, -0.15) is 0 Å². The van der Waals surface area contributed by atoms with Crippen LogP contribution in [0, 0.1) is 0 Å². The van der Waals surface area contributed by atoms with Crippen LogP contribution in [0.2, 0.25) is 0 Å². The molecular formula is C20H31N3O4S. The Balaban J connectivity index is 1.52. The van der Waals surface area contributed by atoms with E-state index in [1.54, 1.807) is 30.3 Å². The van der Waals surface area contributed by atoms with Crippen molar-refractivity contribution in [3.05, 3.63) is 30.3 Å². The topological polar surface area (TPSA) is 79.0 Å². The van der Waals surface area contributed by atoms with E-state index in [2.05, 4.69) is 9.62 Å². The number of ether oxygens (including phenoxy) is 1. The van der Waals surface area contributed by atoms with Gasteiger partial charge >= 0.3 is 0 Å². The molecule has 1 N–H and O–H groups in total. The van der Waals surface area contributed by atoms with Crippen molar-refractivity contribution in [2.75, 3.05) is 26.2 Å². The van der Waals surface area contributed by atoms with E-state index in [9.17, 15) is 13.2 Å². The molecule has 1 aromatic rings. The SMILES string of the molecule is CC1CN(C(=O)C(C)N2CCC(NS(=O)(=O)c3ccccc3)CC2)CC(C)O1. The molecule has 3 rings (SSSR count). The Labute approximate surface area is 168 Å². The van der Waals surface area contributed by atoms with Gasteiger partial charge in [0.05, 0.1) is 23.1 Å². The number of likely N-dealkylation sites (tertiary alicyclic amines) is 1. The lowest BCUT2D eigenvalue weighted by molar-refractivity contribution is -0.148. The first-order valence-electron chi connectivity index (χ1n) is 10.0. The van der Waals surface area contributed by atoms with Gasteiger partial charge in [0, 0.05) is 32.2 Å². The van der Waals surface area contributed by atoms with Gasteiger partial charge in [-0.3, -0.25) is 9.69 Å². The number of nitrogens with zero attached hydrogens (tertiary/aromatic N) is 2. The molecule has 2 fully saturated rings. The fraction of sp³-hybridized carbons (Fsp3) is 0.650. The van der Waals surface area contributed by atoms with Crippen molar-refractivity contribution in [1.29, 1.82) is 0 Å². The molecule has 1 amide bonds. The Kier molecular flexibility index (Phi) is 6.75. The summed E-state index contributed by atoms with van der Waals surface area (Å²) < 4.78 is 33.5. The minimum atomic E-state index is -3.50. The molecule has 0 spiro atoms. The van der Waals surface area contributed by atoms with Crippen molar-refractivity contribution in [1.82, 2.24) is 14.5 Å². The second kappa shape index (κ2) is 8.90. The highest BCUT2D eigenvalue weighted by Crippen LogP contribution is 2.19. The largest absolute Gasteiger partial charge is 0.372 e. The molecule has 2 aliphatic heterocycles. The molecule has 8 heteroatoms. The molecule has 7 nitrogen and oxygen atoms in total. The van der Waals surface area contributed by atoms with Crippen molar-refractivity contribution >= 4 is 15.9 Å². The maximum atomic E-state index is 12.9. The molecule has 2 saturated heterocycles. The number of amides is 1. The molecule has 3 unspecified atom stereocenters. The second-order valence-electron chi connectivity index (χ2n) is 7.92. The van der Waals surface area contributed by atoms with E-state index in [-0.39, 0.29) is 35.1 Å². The Morgan fingerprint density at radius 2 is 1.68 bits per heavy atom. The van der Waals surface area contributed by atoms with E-state index in [0.717, 1.165) is 0 Å². The number of hydrogen-bond donors (Lipinski definition) is 1. The zero-order valence-electron chi connectivity index (χ0n) is 16.9. The summed E-state index contributed by atoms with van der Waals surface area (Å²) in [4.78, 5) is 17.2. The lowest BCUT2D eigenvalue weighted by Crippen LogP contribution is -2.56. The molecule has 3 atom stereocenters. The van der Waals surface area contributed by atoms with E-state index >= 15 is 0 Å². The summed E-state index contributed by atoms with van der Waals surface area (Å²) in [7, 11) is -3.50. The van der Waals surface area contributed by atoms with Gasteiger partial charge in [0.25, 0.3) is 0 Å². The van der Waals surface area contributed by atoms with Gasteiger partial charge in [0.2, 0.25) is 15.9 Å². The average molecular weight is 410 g/mol. The number of sulfonamides is 1. The maximum absolute atomic E-state index is 12.9. The van der Waals surface area contributed by atoms with E-state index in [1.165, 1.54) is 0 Å². The summed E-state index contributed by atoms with van der Waals surface area (Å²) in [6.07, 6.45) is 1.50. The molecular weight excluding hydrogens is 378 g/mol. The number of carbonyl (C=O) groups is 1. The zero-order valence-corrected chi connectivity index (χ0v) is 17.7. The second-order valence-corrected chi connectivity index (χ2v) is 9.64. The Morgan fingerprint density at radius 3 is 2.25 bits per heavy atom. The predicted octanol–water partition coefficient (Wildman–Crippen LogP) is 1.45. The van der Waals surface area contributed by atoms with Crippen LogP contribution in [-0.2, 0) is 19.6 Å². The summed E-state index contributed by atoms with van der Waals surface area (Å²) in [6.45, 7) is 8.58. The number of piperidine rings is 1. The van der Waals surface area contributed by atoms with Crippen LogP contribution in [-0.4, -0.2) is 74.6 Å². The van der Waals surface area contributed by atoms with Crippen molar-refractivity contribution in [2.24, 2.45) is 0 Å². The molecule has 2 heterocycles. The number of morpholine rings is 1. The van der Waals surface area contributed by atoms with Crippen molar-refractivity contribution in [3.63, 3.8) is 0 Å². The van der Waals surface area contributed by atoms with Crippen molar-refractivity contribution in [3.8, 4) is 0 Å². The first kappa shape index (κ1) is 21.2. The smallest absolute Gasteiger partial charge is 0.240 e. The van der Waals surface area contributed by atoms with Gasteiger partial charge in [-0.25, -0.2) is 13.1 Å². The van der Waals surface area contributed by atoms with Crippen molar-refractivity contribution in [2.45, 2.75) is 62.8 Å². The molecule has 2 aliphatic rings. The molecule has 28 heavy (non-hydrogen) atoms. The van der Waals surface area contributed by atoms with Gasteiger partial charge in [0.15, 0.2) is 0 Å². The monoisotopic (exact) mass is 409 g/mol. The number of benzene rings is 1. The number of rotatable bonds is 5. The van der Waals surface area contributed by atoms with E-state index < -0.39 is 10.0 Å². The molecule has 156 valence electrons. The van der Waals surface area contributed by atoms with Crippen LogP contribution < -0.4 is 4.72 Å². The van der Waals surface area contributed by atoms with Crippen LogP contribution in [0.3, 0.4) is 0 Å². The third-order valence-electron chi connectivity index (χ3n) is 5.54. The minimum Gasteiger partial charge on any atom is -0.372 e. The highest BCUT2D eigenvalue weighted by atomic mass is 32.2. The van der Waals surface area contributed by atoms with Crippen LogP contribution in [0.4, 0.5) is 0 Å². The first-order chi connectivity index (χ1) is 13.3. The Morgan fingerprint density at radius 1 is 1.11 bits per heavy atom. The van der Waals surface area contributed by atoms with Gasteiger partial charge < -0.3 is 9.64 Å². The third kappa shape index (κ3) is 5.11. The van der Waals surface area contributed by atoms with Gasteiger partial charge in [-0.1, -0.05) is 18.2 Å². The Bertz CT molecular complexity index is 753. The van der Waals surface area contributed by atoms with Crippen LogP contribution in [0.15, 0.2) is 35.2 Å². The molecule has 0 bridgehead atoms. The first-order valence-corrected chi connectivity index (χ1v) is 11.5. The normalized spacial score (nSPS) is 26.2. The third-order valence-corrected chi connectivity index (χ3v) is 7.08. The average Bonchev–Trinajstić information content (AvgIpc) is 2.67. The quantitative estimate of drug-likeness (QED) is 0.796. The molecule has 0 radical (unpaired) electrons. The minimum absolute atomic E-state index is 0.0537. The van der Waals surface area contributed by atoms with E-state index in [4.69, 9.17) is 4.74 Å². The summed E-state index contributed by atoms with van der Waals surface area (Å²) >= 11 is 0. The van der Waals surface area contributed by atoms with Crippen LogP contribution in [0.1, 0.15) is 33.6 Å². The van der Waals surface area contributed by atoms with Gasteiger partial charge in [-0.05, 0) is 45.7 Å². The summed E-state index contributed by atoms with van der Waals surface area (Å²) in [6, 6.07) is 8.13. The van der Waals surface area contributed by atoms with Crippen LogP contribution >= 0.6 is 0 Å². The van der Waals surface area contributed by atoms with Gasteiger partial charge in [-0.15, -0.1) is 0 Å². The zero-order chi connectivity index (χ0) is 20.3. The summed E-state index contributed by atoms with van der Waals surface area (Å²) in [5, 5.41) is 0. The van der Waals surface area contributed by atoms with Crippen LogP contribution in [0.5, 0.6) is 0 Å². The summed E-state index contributed by atoms with van der Waals surface area (Å²) in [5.74, 6) is 0.130. The summed E-state index contributed by atoms with van der Waals surface area (Å²) in [5.41, 5.74) is 0. The molecule has 0 aromatic heterocycles. The molecule has 0 aliphatic carbocycles. The fourth-order valence-electron chi connectivity index (χ4n) is 4.07. The maximum Gasteiger partial charge on any atom is 0.240 e. The highest BCUT2D eigenvalue weighted by molar-refractivity contribution is 7.89. The number of carbonyl (C=O) groups excluding carboxylic acids is 1. The number of nitrogens with one attached hydrogen (secondary N) is 1. The number of hydrogen-bond acceptors (Lipinski definition) is 5. The highest BCUT2D eigenvalue weighted by Gasteiger charge is 2.33. The molecule has 0 saturated carbocycles. The van der Waals surface area contributed by atoms with Crippen molar-refractivity contribution < 1.29 is 17.9 Å². The van der Waals surface area contributed by atoms with Gasteiger partial charge in [0.1, 0.15) is 0 Å². The van der Waals surface area contributed by atoms with Crippen LogP contribution in [0.25, 0.3) is 0 Å².